The third kappa shape index (κ3) is 15.0. The van der Waals surface area contributed by atoms with Gasteiger partial charge in [-0.05, 0) is 78.4 Å². The van der Waals surface area contributed by atoms with Gasteiger partial charge in [-0.3, -0.25) is 4.90 Å². The van der Waals surface area contributed by atoms with Crippen LogP contribution in [0.25, 0.3) is 0 Å². The third-order valence-corrected chi connectivity index (χ3v) is 6.28. The summed E-state index contributed by atoms with van der Waals surface area (Å²) in [5, 5.41) is 10.2. The molecule has 9 heteroatoms. The Morgan fingerprint density at radius 3 is 1.76 bits per heavy atom. The number of ether oxygens (including phenoxy) is 2. The maximum Gasteiger partial charge on any atom is 0.419 e. The summed E-state index contributed by atoms with van der Waals surface area (Å²) in [7, 11) is 0. The van der Waals surface area contributed by atoms with Crippen LogP contribution in [0.2, 0.25) is 0 Å². The summed E-state index contributed by atoms with van der Waals surface area (Å²) in [4.78, 5) is 29.0. The minimum atomic E-state index is -0.725. The molecule has 0 spiro atoms. The highest BCUT2D eigenvalue weighted by Crippen LogP contribution is 2.25. The molecule has 0 aliphatic carbocycles. The van der Waals surface area contributed by atoms with Crippen molar-refractivity contribution in [1.82, 2.24) is 9.80 Å². The fourth-order valence-electron chi connectivity index (χ4n) is 4.29. The lowest BCUT2D eigenvalue weighted by atomic mass is 9.99. The number of imide groups is 1. The second-order valence-corrected chi connectivity index (χ2v) is 12.2. The van der Waals surface area contributed by atoms with Crippen molar-refractivity contribution in [3.05, 3.63) is 71.8 Å². The second kappa shape index (κ2) is 18.4. The summed E-state index contributed by atoms with van der Waals surface area (Å²) in [5.41, 5.74) is 1.01. The molecular weight excluding hydrogens is 556 g/mol. The van der Waals surface area contributed by atoms with Gasteiger partial charge < -0.3 is 14.6 Å². The van der Waals surface area contributed by atoms with Crippen LogP contribution in [0.4, 0.5) is 9.59 Å². The Kier molecular flexibility index (Phi) is 17.4. The molecule has 7 nitrogen and oxygen atoms in total. The van der Waals surface area contributed by atoms with E-state index < -0.39 is 23.4 Å². The first kappa shape index (κ1) is 38.8. The SMILES string of the molecule is C[C@@H](c1ccccc1)N(Cc1ccccc1)C[C@@H](CO)CCCCN(C(=O)OC(C)(C)C)C(=O)OC(C)(C)C.S.S. The van der Waals surface area contributed by atoms with Crippen LogP contribution >= 0.6 is 27.0 Å². The van der Waals surface area contributed by atoms with E-state index in [0.29, 0.717) is 6.42 Å². The smallest absolute Gasteiger partial charge is 0.419 e. The van der Waals surface area contributed by atoms with Crippen molar-refractivity contribution < 1.29 is 24.2 Å². The van der Waals surface area contributed by atoms with Gasteiger partial charge >= 0.3 is 12.2 Å². The number of nitrogens with zero attached hydrogens (tertiary/aromatic N) is 2. The Morgan fingerprint density at radius 2 is 1.29 bits per heavy atom. The maximum atomic E-state index is 12.8. The molecule has 2 amide bonds. The zero-order valence-corrected chi connectivity index (χ0v) is 27.9. The van der Waals surface area contributed by atoms with Crippen LogP contribution in [0, 0.1) is 5.92 Å². The topological polar surface area (TPSA) is 79.3 Å². The molecular formula is C32H52N2O5S2. The summed E-state index contributed by atoms with van der Waals surface area (Å²) in [6.45, 7) is 14.6. The molecule has 0 aliphatic rings. The Bertz CT molecular complexity index is 982. The van der Waals surface area contributed by atoms with Crippen LogP contribution in [0.1, 0.15) is 84.9 Å². The molecule has 0 saturated heterocycles. The Hall–Kier alpha value is -2.20. The monoisotopic (exact) mass is 608 g/mol. The van der Waals surface area contributed by atoms with Gasteiger partial charge in [0.25, 0.3) is 0 Å². The molecule has 0 aliphatic heterocycles. The number of benzene rings is 2. The number of hydrogen-bond donors (Lipinski definition) is 1. The van der Waals surface area contributed by atoms with Crippen LogP contribution in [-0.2, 0) is 16.0 Å². The van der Waals surface area contributed by atoms with Gasteiger partial charge in [0.15, 0.2) is 0 Å². The first-order valence-corrected chi connectivity index (χ1v) is 14.0. The average Bonchev–Trinajstić information content (AvgIpc) is 2.85. The van der Waals surface area contributed by atoms with Gasteiger partial charge in [-0.2, -0.15) is 27.0 Å². The number of aliphatic hydroxyl groups is 1. The van der Waals surface area contributed by atoms with E-state index in [1.54, 1.807) is 41.5 Å². The van der Waals surface area contributed by atoms with Gasteiger partial charge in [0.1, 0.15) is 11.2 Å². The van der Waals surface area contributed by atoms with Crippen molar-refractivity contribution >= 4 is 39.2 Å². The highest BCUT2D eigenvalue weighted by Gasteiger charge is 2.31. The van der Waals surface area contributed by atoms with Gasteiger partial charge in [-0.1, -0.05) is 67.1 Å². The van der Waals surface area contributed by atoms with E-state index in [0.717, 1.165) is 30.8 Å². The van der Waals surface area contributed by atoms with Crippen molar-refractivity contribution in [2.75, 3.05) is 19.7 Å². The normalized spacial score (nSPS) is 12.9. The molecule has 2 aromatic rings. The quantitative estimate of drug-likeness (QED) is 0.253. The molecule has 2 rings (SSSR count). The van der Waals surface area contributed by atoms with E-state index >= 15 is 0 Å². The lowest BCUT2D eigenvalue weighted by molar-refractivity contribution is 0.00105. The molecule has 41 heavy (non-hydrogen) atoms. The van der Waals surface area contributed by atoms with Crippen molar-refractivity contribution in [2.24, 2.45) is 5.92 Å². The van der Waals surface area contributed by atoms with E-state index in [1.165, 1.54) is 11.1 Å². The van der Waals surface area contributed by atoms with Crippen molar-refractivity contribution in [3.8, 4) is 0 Å². The molecule has 0 radical (unpaired) electrons. The fourth-order valence-corrected chi connectivity index (χ4v) is 4.29. The van der Waals surface area contributed by atoms with Gasteiger partial charge in [0.2, 0.25) is 0 Å². The molecule has 0 bridgehead atoms. The number of amides is 2. The van der Waals surface area contributed by atoms with Crippen LogP contribution in [0.15, 0.2) is 60.7 Å². The maximum absolute atomic E-state index is 12.8. The van der Waals surface area contributed by atoms with Gasteiger partial charge in [-0.15, -0.1) is 0 Å². The van der Waals surface area contributed by atoms with Crippen LogP contribution in [0.5, 0.6) is 0 Å². The van der Waals surface area contributed by atoms with Gasteiger partial charge in [-0.25, -0.2) is 14.5 Å². The highest BCUT2D eigenvalue weighted by atomic mass is 32.1. The lowest BCUT2D eigenvalue weighted by Gasteiger charge is -2.33. The molecule has 2 atom stereocenters. The minimum Gasteiger partial charge on any atom is -0.443 e. The average molecular weight is 609 g/mol. The van der Waals surface area contributed by atoms with Crippen molar-refractivity contribution in [3.63, 3.8) is 0 Å². The lowest BCUT2D eigenvalue weighted by Crippen LogP contribution is -2.44. The van der Waals surface area contributed by atoms with E-state index in [9.17, 15) is 14.7 Å². The summed E-state index contributed by atoms with van der Waals surface area (Å²) in [6, 6.07) is 20.9. The van der Waals surface area contributed by atoms with Crippen LogP contribution < -0.4 is 0 Å². The Balaban J connectivity index is 0.00000800. The van der Waals surface area contributed by atoms with Crippen LogP contribution in [0.3, 0.4) is 0 Å². The molecule has 0 aromatic heterocycles. The van der Waals surface area contributed by atoms with E-state index in [-0.39, 0.29) is 52.1 Å². The number of hydrogen-bond acceptors (Lipinski definition) is 6. The molecule has 0 fully saturated rings. The molecule has 1 N–H and O–H groups in total. The first-order chi connectivity index (χ1) is 18.3. The van der Waals surface area contributed by atoms with Gasteiger partial charge in [0, 0.05) is 32.3 Å². The summed E-state index contributed by atoms with van der Waals surface area (Å²) >= 11 is 0. The zero-order valence-electron chi connectivity index (χ0n) is 25.9. The Morgan fingerprint density at radius 1 is 0.805 bits per heavy atom. The molecule has 0 saturated carbocycles. The number of aliphatic hydroxyl groups excluding tert-OH is 1. The molecule has 232 valence electrons. The molecule has 0 heterocycles. The molecule has 0 unspecified atom stereocenters. The first-order valence-electron chi connectivity index (χ1n) is 14.0. The summed E-state index contributed by atoms with van der Waals surface area (Å²) in [6.07, 6.45) is 0.677. The Labute approximate surface area is 261 Å². The largest absolute Gasteiger partial charge is 0.443 e. The second-order valence-electron chi connectivity index (χ2n) is 12.2. The number of carbonyl (C=O) groups is 2. The molecule has 2 aromatic carbocycles. The van der Waals surface area contributed by atoms with E-state index in [4.69, 9.17) is 9.47 Å². The number of unbranched alkanes of at least 4 members (excludes halogenated alkanes) is 1. The van der Waals surface area contributed by atoms with Crippen molar-refractivity contribution in [1.29, 1.82) is 0 Å². The predicted molar refractivity (Wildman–Crippen MR) is 176 cm³/mol. The predicted octanol–water partition coefficient (Wildman–Crippen LogP) is 7.43. The zero-order chi connectivity index (χ0) is 29.1. The van der Waals surface area contributed by atoms with E-state index in [2.05, 4.69) is 48.2 Å². The van der Waals surface area contributed by atoms with Crippen LogP contribution in [-0.4, -0.2) is 58.0 Å². The number of carbonyl (C=O) groups excluding carboxylic acids is 2. The standard InChI is InChI=1S/C32H48N2O5.2H2S/c1-25(28-19-12-9-13-20-28)33(22-26-16-10-8-11-17-26)23-27(24-35)18-14-15-21-34(29(36)38-31(2,3)4)30(37)39-32(5,6)7;;/h8-13,16-17,19-20,25,27,35H,14-15,18,21-24H2,1-7H3;2*1H2/t25-,27-;;/m0../s1. The fraction of sp³-hybridized carbons (Fsp3) is 0.562. The summed E-state index contributed by atoms with van der Waals surface area (Å²) < 4.78 is 10.9. The van der Waals surface area contributed by atoms with Crippen molar-refractivity contribution in [2.45, 2.75) is 91.5 Å². The van der Waals surface area contributed by atoms with E-state index in [1.807, 2.05) is 24.3 Å². The third-order valence-electron chi connectivity index (χ3n) is 6.28. The van der Waals surface area contributed by atoms with Gasteiger partial charge in [0.05, 0.1) is 0 Å². The minimum absolute atomic E-state index is 0. The summed E-state index contributed by atoms with van der Waals surface area (Å²) in [5.74, 6) is 0.0522. The highest BCUT2D eigenvalue weighted by molar-refractivity contribution is 7.59. The number of rotatable bonds is 12.